The molecule has 124 valence electrons. The lowest BCUT2D eigenvalue weighted by Crippen LogP contribution is -2.25. The highest BCUT2D eigenvalue weighted by atomic mass is 32.1. The zero-order chi connectivity index (χ0) is 17.7. The van der Waals surface area contributed by atoms with Gasteiger partial charge in [0.2, 0.25) is 0 Å². The van der Waals surface area contributed by atoms with Crippen LogP contribution in [0.1, 0.15) is 23.6 Å². The second kappa shape index (κ2) is 7.65. The summed E-state index contributed by atoms with van der Waals surface area (Å²) in [4.78, 5) is 10.2. The average Bonchev–Trinajstić information content (AvgIpc) is 2.57. The van der Waals surface area contributed by atoms with Gasteiger partial charge < -0.3 is 5.32 Å². The van der Waals surface area contributed by atoms with Gasteiger partial charge in [-0.15, -0.1) is 0 Å². The van der Waals surface area contributed by atoms with E-state index in [1.807, 2.05) is 32.0 Å². The third-order valence-corrected chi connectivity index (χ3v) is 3.87. The first-order valence-electron chi connectivity index (χ1n) is 7.31. The first-order chi connectivity index (χ1) is 11.4. The molecule has 24 heavy (non-hydrogen) atoms. The summed E-state index contributed by atoms with van der Waals surface area (Å²) in [5, 5.41) is 18.4. The summed E-state index contributed by atoms with van der Waals surface area (Å²) in [6.45, 7) is 5.86. The first kappa shape index (κ1) is 17.6. The molecule has 0 aromatic heterocycles. The van der Waals surface area contributed by atoms with E-state index in [1.54, 1.807) is 19.1 Å². The Morgan fingerprint density at radius 1 is 1.17 bits per heavy atom. The largest absolute Gasteiger partial charge is 0.331 e. The molecule has 2 N–H and O–H groups in total. The minimum Gasteiger partial charge on any atom is -0.331 e. The van der Waals surface area contributed by atoms with Crippen LogP contribution in [0.4, 0.5) is 11.4 Å². The van der Waals surface area contributed by atoms with Crippen molar-refractivity contribution in [2.24, 2.45) is 5.10 Å². The standard InChI is InChI=1S/C17H18N4O2S/c1-11-5-4-6-16(12(11)2)18-17(24)20-19-13(3)14-7-9-15(10-8-14)21(22)23/h4-10H,1-3H3,(H2,18,20,24)/b19-13+. The van der Waals surface area contributed by atoms with Gasteiger partial charge in [-0.2, -0.15) is 5.10 Å². The van der Waals surface area contributed by atoms with Gasteiger partial charge in [0.1, 0.15) is 0 Å². The molecule has 0 fully saturated rings. The van der Waals surface area contributed by atoms with Crippen LogP contribution >= 0.6 is 12.2 Å². The number of thiocarbonyl (C=S) groups is 1. The molecule has 6 nitrogen and oxygen atoms in total. The molecule has 0 atom stereocenters. The Hall–Kier alpha value is -2.80. The van der Waals surface area contributed by atoms with Crippen molar-refractivity contribution in [2.75, 3.05) is 5.32 Å². The van der Waals surface area contributed by atoms with Crippen molar-refractivity contribution in [3.8, 4) is 0 Å². The van der Waals surface area contributed by atoms with Crippen LogP contribution in [0.2, 0.25) is 0 Å². The average molecular weight is 342 g/mol. The lowest BCUT2D eigenvalue weighted by Gasteiger charge is -2.12. The van der Waals surface area contributed by atoms with Crippen molar-refractivity contribution in [1.82, 2.24) is 5.43 Å². The second-order valence-corrected chi connectivity index (χ2v) is 5.72. The highest BCUT2D eigenvalue weighted by Gasteiger charge is 2.06. The topological polar surface area (TPSA) is 79.6 Å². The molecule has 0 saturated carbocycles. The number of nitrogens with zero attached hydrogens (tertiary/aromatic N) is 2. The fourth-order valence-electron chi connectivity index (χ4n) is 2.06. The van der Waals surface area contributed by atoms with Crippen LogP contribution in [0, 0.1) is 24.0 Å². The number of hydrazone groups is 1. The van der Waals surface area contributed by atoms with E-state index >= 15 is 0 Å². The molecule has 0 bridgehead atoms. The van der Waals surface area contributed by atoms with Crippen molar-refractivity contribution >= 4 is 34.4 Å². The van der Waals surface area contributed by atoms with Gasteiger partial charge >= 0.3 is 0 Å². The van der Waals surface area contributed by atoms with E-state index < -0.39 is 4.92 Å². The molecule has 2 aromatic rings. The van der Waals surface area contributed by atoms with Crippen LogP contribution in [-0.4, -0.2) is 15.7 Å². The fourth-order valence-corrected chi connectivity index (χ4v) is 2.22. The van der Waals surface area contributed by atoms with Crippen LogP contribution in [0.5, 0.6) is 0 Å². The maximum absolute atomic E-state index is 10.7. The van der Waals surface area contributed by atoms with E-state index in [1.165, 1.54) is 17.7 Å². The number of benzene rings is 2. The number of hydrogen-bond acceptors (Lipinski definition) is 4. The zero-order valence-corrected chi connectivity index (χ0v) is 14.5. The van der Waals surface area contributed by atoms with Gasteiger partial charge in [-0.25, -0.2) is 0 Å². The lowest BCUT2D eigenvalue weighted by molar-refractivity contribution is -0.384. The zero-order valence-electron chi connectivity index (χ0n) is 13.7. The number of aryl methyl sites for hydroxylation is 1. The van der Waals surface area contributed by atoms with Gasteiger partial charge in [0, 0.05) is 17.8 Å². The van der Waals surface area contributed by atoms with Crippen LogP contribution in [0.15, 0.2) is 47.6 Å². The molecule has 0 heterocycles. The Labute approximate surface area is 145 Å². The molecule has 2 aromatic carbocycles. The Bertz CT molecular complexity index is 801. The number of non-ortho nitro benzene ring substituents is 1. The van der Waals surface area contributed by atoms with Crippen LogP contribution in [0.25, 0.3) is 0 Å². The van der Waals surface area contributed by atoms with Gasteiger partial charge in [-0.05, 0) is 67.9 Å². The summed E-state index contributed by atoms with van der Waals surface area (Å²) in [7, 11) is 0. The molecule has 0 aliphatic heterocycles. The third kappa shape index (κ3) is 4.36. The van der Waals surface area contributed by atoms with Gasteiger partial charge in [0.05, 0.1) is 10.6 Å². The van der Waals surface area contributed by atoms with E-state index in [4.69, 9.17) is 12.2 Å². The molecule has 0 amide bonds. The Balaban J connectivity index is 2.02. The van der Waals surface area contributed by atoms with Crippen molar-refractivity contribution in [3.05, 3.63) is 69.3 Å². The molecule has 0 spiro atoms. The van der Waals surface area contributed by atoms with Crippen molar-refractivity contribution in [1.29, 1.82) is 0 Å². The quantitative estimate of drug-likeness (QED) is 0.381. The molecule has 0 aliphatic rings. The molecule has 0 saturated heterocycles. The Morgan fingerprint density at radius 3 is 2.46 bits per heavy atom. The van der Waals surface area contributed by atoms with Gasteiger partial charge in [0.25, 0.3) is 5.69 Å². The maximum atomic E-state index is 10.7. The lowest BCUT2D eigenvalue weighted by atomic mass is 10.1. The van der Waals surface area contributed by atoms with E-state index in [9.17, 15) is 10.1 Å². The molecular formula is C17H18N4O2S. The number of rotatable bonds is 4. The Kier molecular flexibility index (Phi) is 5.59. The minimum absolute atomic E-state index is 0.0478. The SMILES string of the molecule is C/C(=N\NC(=S)Nc1cccc(C)c1C)c1ccc([N+](=O)[O-])cc1. The summed E-state index contributed by atoms with van der Waals surface area (Å²) < 4.78 is 0. The number of anilines is 1. The highest BCUT2D eigenvalue weighted by molar-refractivity contribution is 7.80. The molecule has 0 unspecified atom stereocenters. The van der Waals surface area contributed by atoms with Crippen LogP contribution in [0.3, 0.4) is 0 Å². The highest BCUT2D eigenvalue weighted by Crippen LogP contribution is 2.17. The maximum Gasteiger partial charge on any atom is 0.269 e. The minimum atomic E-state index is -0.433. The van der Waals surface area contributed by atoms with Crippen LogP contribution < -0.4 is 10.7 Å². The van der Waals surface area contributed by atoms with Crippen molar-refractivity contribution in [2.45, 2.75) is 20.8 Å². The monoisotopic (exact) mass is 342 g/mol. The summed E-state index contributed by atoms with van der Waals surface area (Å²) in [5.41, 5.74) is 7.52. The molecular weight excluding hydrogens is 324 g/mol. The number of nitrogens with one attached hydrogen (secondary N) is 2. The van der Waals surface area contributed by atoms with Crippen LogP contribution in [-0.2, 0) is 0 Å². The molecule has 0 radical (unpaired) electrons. The van der Waals surface area contributed by atoms with E-state index in [0.717, 1.165) is 16.8 Å². The van der Waals surface area contributed by atoms with Gasteiger partial charge in [-0.1, -0.05) is 12.1 Å². The van der Waals surface area contributed by atoms with Crippen molar-refractivity contribution < 1.29 is 4.92 Å². The normalized spacial score (nSPS) is 11.0. The summed E-state index contributed by atoms with van der Waals surface area (Å²) >= 11 is 5.24. The second-order valence-electron chi connectivity index (χ2n) is 5.31. The van der Waals surface area contributed by atoms with Crippen molar-refractivity contribution in [3.63, 3.8) is 0 Å². The van der Waals surface area contributed by atoms with E-state index in [0.29, 0.717) is 10.8 Å². The summed E-state index contributed by atoms with van der Waals surface area (Å²) in [5.74, 6) is 0. The third-order valence-electron chi connectivity index (χ3n) is 3.67. The first-order valence-corrected chi connectivity index (χ1v) is 7.71. The number of nitro benzene ring substituents is 1. The molecule has 0 aliphatic carbocycles. The number of hydrogen-bond donors (Lipinski definition) is 2. The summed E-state index contributed by atoms with van der Waals surface area (Å²) in [6.07, 6.45) is 0. The smallest absolute Gasteiger partial charge is 0.269 e. The predicted octanol–water partition coefficient (Wildman–Crippen LogP) is 3.92. The Morgan fingerprint density at radius 2 is 1.83 bits per heavy atom. The predicted molar refractivity (Wildman–Crippen MR) is 101 cm³/mol. The van der Waals surface area contributed by atoms with Gasteiger partial charge in [-0.3, -0.25) is 15.5 Å². The summed E-state index contributed by atoms with van der Waals surface area (Å²) in [6, 6.07) is 12.1. The van der Waals surface area contributed by atoms with E-state index in [2.05, 4.69) is 15.8 Å². The van der Waals surface area contributed by atoms with E-state index in [-0.39, 0.29) is 5.69 Å². The molecule has 7 heteroatoms. The van der Waals surface area contributed by atoms with Gasteiger partial charge in [0.15, 0.2) is 5.11 Å². The number of nitro groups is 1. The molecule has 2 rings (SSSR count). The fraction of sp³-hybridized carbons (Fsp3) is 0.176.